The van der Waals surface area contributed by atoms with Crippen LogP contribution < -0.4 is 5.32 Å². The highest BCUT2D eigenvalue weighted by molar-refractivity contribution is 7.91. The zero-order valence-electron chi connectivity index (χ0n) is 22.3. The number of hydrogen-bond donors (Lipinski definition) is 1. The SMILES string of the molecule is CCS(=O)(=O)c1ccc(CNC(=O)c2cnc3c(c2)[C@H](C)N(Cc2ccc(C(F)(F)F)cc2)[C@H]3C(C)C)cc1. The van der Waals surface area contributed by atoms with Crippen LogP contribution in [0.1, 0.15) is 78.1 Å². The van der Waals surface area contributed by atoms with Crippen LogP contribution in [0.5, 0.6) is 0 Å². The Morgan fingerprint density at radius 3 is 2.23 bits per heavy atom. The van der Waals surface area contributed by atoms with E-state index in [0.29, 0.717) is 12.1 Å². The van der Waals surface area contributed by atoms with Crippen LogP contribution in [0.3, 0.4) is 0 Å². The summed E-state index contributed by atoms with van der Waals surface area (Å²) in [6, 6.07) is 13.3. The summed E-state index contributed by atoms with van der Waals surface area (Å²) in [5, 5.41) is 2.86. The van der Waals surface area contributed by atoms with Crippen LogP contribution in [0.4, 0.5) is 13.2 Å². The Balaban J connectivity index is 1.49. The van der Waals surface area contributed by atoms with Crippen molar-refractivity contribution in [2.75, 3.05) is 5.75 Å². The second-order valence-electron chi connectivity index (χ2n) is 10.2. The van der Waals surface area contributed by atoms with E-state index in [1.165, 1.54) is 24.3 Å². The Kier molecular flexibility index (Phi) is 8.18. The molecule has 1 aliphatic rings. The first kappa shape index (κ1) is 28.8. The first-order valence-electron chi connectivity index (χ1n) is 12.8. The summed E-state index contributed by atoms with van der Waals surface area (Å²) < 4.78 is 63.0. The number of halogens is 3. The summed E-state index contributed by atoms with van der Waals surface area (Å²) in [4.78, 5) is 20.1. The van der Waals surface area contributed by atoms with E-state index < -0.39 is 21.6 Å². The zero-order chi connectivity index (χ0) is 28.5. The third kappa shape index (κ3) is 6.17. The van der Waals surface area contributed by atoms with E-state index in [-0.39, 0.29) is 41.1 Å². The highest BCUT2D eigenvalue weighted by Crippen LogP contribution is 2.45. The zero-order valence-corrected chi connectivity index (χ0v) is 23.1. The molecule has 0 saturated carbocycles. The second kappa shape index (κ2) is 11.1. The molecule has 0 unspecified atom stereocenters. The van der Waals surface area contributed by atoms with Crippen LogP contribution in [0, 0.1) is 5.92 Å². The minimum Gasteiger partial charge on any atom is -0.348 e. The third-order valence-corrected chi connectivity index (χ3v) is 8.94. The summed E-state index contributed by atoms with van der Waals surface area (Å²) in [7, 11) is -3.29. The molecule has 0 spiro atoms. The minimum atomic E-state index is -4.38. The van der Waals surface area contributed by atoms with Gasteiger partial charge in [-0.2, -0.15) is 13.2 Å². The largest absolute Gasteiger partial charge is 0.416 e. The predicted octanol–water partition coefficient (Wildman–Crippen LogP) is 6.10. The van der Waals surface area contributed by atoms with Crippen LogP contribution in [0.25, 0.3) is 0 Å². The molecule has 0 aliphatic carbocycles. The Labute approximate surface area is 227 Å². The maximum Gasteiger partial charge on any atom is 0.416 e. The number of rotatable bonds is 8. The van der Waals surface area contributed by atoms with Gasteiger partial charge < -0.3 is 5.32 Å². The van der Waals surface area contributed by atoms with Crippen molar-refractivity contribution in [3.8, 4) is 0 Å². The van der Waals surface area contributed by atoms with Gasteiger partial charge in [0.05, 0.1) is 33.5 Å². The minimum absolute atomic E-state index is 0.0201. The Hall–Kier alpha value is -3.24. The predicted molar refractivity (Wildman–Crippen MR) is 143 cm³/mol. The van der Waals surface area contributed by atoms with Gasteiger partial charge in [-0.1, -0.05) is 45.0 Å². The van der Waals surface area contributed by atoms with E-state index in [1.54, 1.807) is 25.3 Å². The van der Waals surface area contributed by atoms with E-state index in [9.17, 15) is 26.4 Å². The van der Waals surface area contributed by atoms with Gasteiger partial charge in [0.2, 0.25) is 0 Å². The Bertz CT molecular complexity index is 1440. The number of amides is 1. The maximum atomic E-state index is 13.0. The van der Waals surface area contributed by atoms with Gasteiger partial charge in [-0.25, -0.2) is 8.42 Å². The summed E-state index contributed by atoms with van der Waals surface area (Å²) in [6.45, 7) is 8.43. The number of nitrogens with zero attached hydrogens (tertiary/aromatic N) is 2. The Morgan fingerprint density at radius 1 is 1.05 bits per heavy atom. The van der Waals surface area contributed by atoms with E-state index in [2.05, 4.69) is 29.0 Å². The summed E-state index contributed by atoms with van der Waals surface area (Å²) >= 11 is 0. The first-order chi connectivity index (χ1) is 18.3. The molecule has 0 saturated heterocycles. The number of fused-ring (bicyclic) bond motifs is 1. The standard InChI is InChI=1S/C29H32F3N3O3S/c1-5-39(37,38)24-12-8-20(9-13-24)15-34-28(36)22-14-25-19(4)35(27(18(2)3)26(25)33-16-22)17-21-6-10-23(11-7-21)29(30,31)32/h6-14,16,18-19,27H,5,15,17H2,1-4H3,(H,34,36)/t19-,27-/m0/s1. The van der Waals surface area contributed by atoms with Gasteiger partial charge in [0.25, 0.3) is 5.91 Å². The fraction of sp³-hybridized carbons (Fsp3) is 0.379. The molecule has 6 nitrogen and oxygen atoms in total. The van der Waals surface area contributed by atoms with Crippen molar-refractivity contribution in [3.63, 3.8) is 0 Å². The number of aromatic nitrogens is 1. The molecule has 1 aliphatic heterocycles. The highest BCUT2D eigenvalue weighted by Gasteiger charge is 2.39. The molecule has 1 amide bonds. The monoisotopic (exact) mass is 559 g/mol. The van der Waals surface area contributed by atoms with Crippen molar-refractivity contribution < 1.29 is 26.4 Å². The number of carbonyl (C=O) groups is 1. The lowest BCUT2D eigenvalue weighted by Crippen LogP contribution is -2.28. The lowest BCUT2D eigenvalue weighted by Gasteiger charge is -2.31. The summed E-state index contributed by atoms with van der Waals surface area (Å²) in [6.07, 6.45) is -2.83. The van der Waals surface area contributed by atoms with E-state index >= 15 is 0 Å². The highest BCUT2D eigenvalue weighted by atomic mass is 32.2. The number of nitrogens with one attached hydrogen (secondary N) is 1. The van der Waals surface area contributed by atoms with Crippen molar-refractivity contribution in [2.45, 2.75) is 63.9 Å². The van der Waals surface area contributed by atoms with Crippen LogP contribution >= 0.6 is 0 Å². The Morgan fingerprint density at radius 2 is 1.67 bits per heavy atom. The molecule has 0 radical (unpaired) electrons. The van der Waals surface area contributed by atoms with Crippen LogP contribution in [0.2, 0.25) is 0 Å². The average Bonchev–Trinajstić information content (AvgIpc) is 3.18. The number of alkyl halides is 3. The molecule has 3 aromatic rings. The normalized spacial score (nSPS) is 17.8. The van der Waals surface area contributed by atoms with E-state index in [1.807, 2.05) is 13.0 Å². The number of sulfone groups is 1. The van der Waals surface area contributed by atoms with Gasteiger partial charge in [0.15, 0.2) is 9.84 Å². The molecule has 2 heterocycles. The van der Waals surface area contributed by atoms with Gasteiger partial charge in [-0.15, -0.1) is 0 Å². The molecule has 208 valence electrons. The fourth-order valence-corrected chi connectivity index (χ4v) is 5.87. The molecular formula is C29H32F3N3O3S. The van der Waals surface area contributed by atoms with Gasteiger partial charge in [0, 0.05) is 25.3 Å². The van der Waals surface area contributed by atoms with E-state index in [0.717, 1.165) is 34.5 Å². The van der Waals surface area contributed by atoms with Crippen LogP contribution in [-0.2, 0) is 29.1 Å². The number of hydrogen-bond acceptors (Lipinski definition) is 5. The molecule has 2 aromatic carbocycles. The number of benzene rings is 2. The van der Waals surface area contributed by atoms with Crippen LogP contribution in [0.15, 0.2) is 65.7 Å². The molecule has 2 atom stereocenters. The molecule has 0 bridgehead atoms. The fourth-order valence-electron chi connectivity index (χ4n) is 4.98. The molecule has 4 rings (SSSR count). The smallest absolute Gasteiger partial charge is 0.348 e. The molecule has 1 N–H and O–H groups in total. The second-order valence-corrected chi connectivity index (χ2v) is 12.4. The van der Waals surface area contributed by atoms with Gasteiger partial charge >= 0.3 is 6.18 Å². The number of carbonyl (C=O) groups excluding carboxylic acids is 1. The lowest BCUT2D eigenvalue weighted by atomic mass is 9.99. The summed E-state index contributed by atoms with van der Waals surface area (Å²) in [5.74, 6) is -0.0911. The van der Waals surface area contributed by atoms with Crippen molar-refractivity contribution in [1.29, 1.82) is 0 Å². The molecule has 10 heteroatoms. The third-order valence-electron chi connectivity index (χ3n) is 7.19. The number of pyridine rings is 1. The van der Waals surface area contributed by atoms with Crippen molar-refractivity contribution in [3.05, 3.63) is 94.3 Å². The van der Waals surface area contributed by atoms with Crippen molar-refractivity contribution in [2.24, 2.45) is 5.92 Å². The average molecular weight is 560 g/mol. The lowest BCUT2D eigenvalue weighted by molar-refractivity contribution is -0.137. The van der Waals surface area contributed by atoms with E-state index in [4.69, 9.17) is 0 Å². The van der Waals surface area contributed by atoms with Gasteiger partial charge in [0.1, 0.15) is 0 Å². The molecule has 39 heavy (non-hydrogen) atoms. The van der Waals surface area contributed by atoms with Crippen LogP contribution in [-0.4, -0.2) is 30.0 Å². The summed E-state index contributed by atoms with van der Waals surface area (Å²) in [5.41, 5.74) is 3.05. The maximum absolute atomic E-state index is 13.0. The molecule has 1 aromatic heterocycles. The quantitative estimate of drug-likeness (QED) is 0.361. The molecular weight excluding hydrogens is 527 g/mol. The van der Waals surface area contributed by atoms with Crippen molar-refractivity contribution >= 4 is 15.7 Å². The van der Waals surface area contributed by atoms with Crippen molar-refractivity contribution in [1.82, 2.24) is 15.2 Å². The molecule has 0 fully saturated rings. The van der Waals surface area contributed by atoms with Gasteiger partial charge in [-0.05, 0) is 59.9 Å². The first-order valence-corrected chi connectivity index (χ1v) is 14.5. The van der Waals surface area contributed by atoms with Gasteiger partial charge in [-0.3, -0.25) is 14.7 Å². The topological polar surface area (TPSA) is 79.4 Å².